The SMILES string of the molecule is COc1ccc(CC(=O)NCC2CCCN(C(=O)c3ccnnc3)C2)cc1. The number of benzene rings is 1. The highest BCUT2D eigenvalue weighted by Crippen LogP contribution is 2.18. The predicted molar refractivity (Wildman–Crippen MR) is 100 cm³/mol. The van der Waals surface area contributed by atoms with Crippen LogP contribution in [0.5, 0.6) is 5.75 Å². The molecule has 0 bridgehead atoms. The summed E-state index contributed by atoms with van der Waals surface area (Å²) in [5, 5.41) is 10.5. The van der Waals surface area contributed by atoms with E-state index in [-0.39, 0.29) is 17.7 Å². The van der Waals surface area contributed by atoms with Crippen LogP contribution in [0.15, 0.2) is 42.7 Å². The third kappa shape index (κ3) is 5.26. The van der Waals surface area contributed by atoms with Crippen molar-refractivity contribution in [1.29, 1.82) is 0 Å². The van der Waals surface area contributed by atoms with Crippen molar-refractivity contribution in [2.45, 2.75) is 19.3 Å². The fourth-order valence-corrected chi connectivity index (χ4v) is 3.27. The van der Waals surface area contributed by atoms with Gasteiger partial charge in [0.2, 0.25) is 5.91 Å². The smallest absolute Gasteiger partial charge is 0.255 e. The van der Waals surface area contributed by atoms with Gasteiger partial charge in [0.05, 0.1) is 31.5 Å². The van der Waals surface area contributed by atoms with Gasteiger partial charge < -0.3 is 15.0 Å². The quantitative estimate of drug-likeness (QED) is 0.839. The van der Waals surface area contributed by atoms with Crippen molar-refractivity contribution in [2.75, 3.05) is 26.7 Å². The Balaban J connectivity index is 1.47. The third-order valence-electron chi connectivity index (χ3n) is 4.75. The molecule has 2 aromatic rings. The lowest BCUT2D eigenvalue weighted by Crippen LogP contribution is -2.44. The largest absolute Gasteiger partial charge is 0.497 e. The lowest BCUT2D eigenvalue weighted by molar-refractivity contribution is -0.120. The Bertz CT molecular complexity index is 765. The summed E-state index contributed by atoms with van der Waals surface area (Å²) >= 11 is 0. The van der Waals surface area contributed by atoms with Crippen LogP contribution in [0.4, 0.5) is 0 Å². The summed E-state index contributed by atoms with van der Waals surface area (Å²) in [4.78, 5) is 26.6. The molecule has 1 aliphatic heterocycles. The van der Waals surface area contributed by atoms with E-state index in [0.29, 0.717) is 25.1 Å². The monoisotopic (exact) mass is 368 g/mol. The van der Waals surface area contributed by atoms with Gasteiger partial charge in [0.1, 0.15) is 5.75 Å². The van der Waals surface area contributed by atoms with Gasteiger partial charge in [-0.15, -0.1) is 0 Å². The molecule has 7 heteroatoms. The van der Waals surface area contributed by atoms with Gasteiger partial charge in [-0.25, -0.2) is 0 Å². The number of amides is 2. The van der Waals surface area contributed by atoms with Crippen LogP contribution in [0.3, 0.4) is 0 Å². The summed E-state index contributed by atoms with van der Waals surface area (Å²) in [6.07, 6.45) is 5.28. The minimum absolute atomic E-state index is 0.0121. The molecular formula is C20H24N4O3. The summed E-state index contributed by atoms with van der Waals surface area (Å²) < 4.78 is 5.12. The average Bonchev–Trinajstić information content (AvgIpc) is 2.73. The van der Waals surface area contributed by atoms with Gasteiger partial charge in [-0.3, -0.25) is 9.59 Å². The van der Waals surface area contributed by atoms with E-state index in [1.54, 1.807) is 13.2 Å². The van der Waals surface area contributed by atoms with Gasteiger partial charge in [-0.05, 0) is 42.5 Å². The summed E-state index contributed by atoms with van der Waals surface area (Å²) in [6.45, 7) is 1.95. The van der Waals surface area contributed by atoms with Crippen LogP contribution in [0.2, 0.25) is 0 Å². The Hall–Kier alpha value is -2.96. The molecule has 1 unspecified atom stereocenters. The zero-order chi connectivity index (χ0) is 19.1. The molecule has 1 aromatic heterocycles. The van der Waals surface area contributed by atoms with Crippen LogP contribution in [-0.4, -0.2) is 53.7 Å². The van der Waals surface area contributed by atoms with Gasteiger partial charge in [0.15, 0.2) is 0 Å². The lowest BCUT2D eigenvalue weighted by atomic mass is 9.97. The highest BCUT2D eigenvalue weighted by molar-refractivity contribution is 5.93. The maximum atomic E-state index is 12.5. The van der Waals surface area contributed by atoms with E-state index in [1.807, 2.05) is 29.2 Å². The molecule has 1 atom stereocenters. The van der Waals surface area contributed by atoms with E-state index in [0.717, 1.165) is 30.7 Å². The van der Waals surface area contributed by atoms with E-state index >= 15 is 0 Å². The Morgan fingerprint density at radius 3 is 2.74 bits per heavy atom. The summed E-state index contributed by atoms with van der Waals surface area (Å²) in [5.41, 5.74) is 1.49. The summed E-state index contributed by atoms with van der Waals surface area (Å²) in [7, 11) is 1.62. The first kappa shape index (κ1) is 18.8. The molecule has 2 heterocycles. The molecule has 1 fully saturated rings. The van der Waals surface area contributed by atoms with E-state index in [2.05, 4.69) is 15.5 Å². The number of nitrogens with one attached hydrogen (secondary N) is 1. The van der Waals surface area contributed by atoms with Crippen molar-refractivity contribution in [2.24, 2.45) is 5.92 Å². The first-order valence-electron chi connectivity index (χ1n) is 9.11. The van der Waals surface area contributed by atoms with Crippen molar-refractivity contribution in [1.82, 2.24) is 20.4 Å². The second-order valence-corrected chi connectivity index (χ2v) is 6.72. The highest BCUT2D eigenvalue weighted by atomic mass is 16.5. The first-order chi connectivity index (χ1) is 13.2. The van der Waals surface area contributed by atoms with Gasteiger partial charge in [0, 0.05) is 19.6 Å². The number of carbonyl (C=O) groups excluding carboxylic acids is 2. The Morgan fingerprint density at radius 1 is 1.22 bits per heavy atom. The molecule has 0 aliphatic carbocycles. The molecule has 1 saturated heterocycles. The van der Waals surface area contributed by atoms with Crippen LogP contribution < -0.4 is 10.1 Å². The summed E-state index contributed by atoms with van der Waals surface area (Å²) in [5.74, 6) is 0.994. The van der Waals surface area contributed by atoms with Crippen molar-refractivity contribution in [3.05, 3.63) is 53.9 Å². The van der Waals surface area contributed by atoms with E-state index in [9.17, 15) is 9.59 Å². The number of ether oxygens (including phenoxy) is 1. The average molecular weight is 368 g/mol. The van der Waals surface area contributed by atoms with Crippen LogP contribution in [0.25, 0.3) is 0 Å². The Labute approximate surface area is 158 Å². The zero-order valence-corrected chi connectivity index (χ0v) is 15.4. The van der Waals surface area contributed by atoms with Crippen molar-refractivity contribution in [3.8, 4) is 5.75 Å². The minimum atomic E-state index is -0.0286. The normalized spacial score (nSPS) is 16.6. The van der Waals surface area contributed by atoms with Gasteiger partial charge in [0.25, 0.3) is 5.91 Å². The maximum Gasteiger partial charge on any atom is 0.255 e. The number of likely N-dealkylation sites (tertiary alicyclic amines) is 1. The molecule has 7 nitrogen and oxygen atoms in total. The topological polar surface area (TPSA) is 84.4 Å². The molecule has 0 saturated carbocycles. The van der Waals surface area contributed by atoms with Crippen LogP contribution in [0, 0.1) is 5.92 Å². The molecule has 0 radical (unpaired) electrons. The molecule has 1 N–H and O–H groups in total. The maximum absolute atomic E-state index is 12.5. The molecular weight excluding hydrogens is 344 g/mol. The number of hydrogen-bond acceptors (Lipinski definition) is 5. The molecule has 3 rings (SSSR count). The Morgan fingerprint density at radius 2 is 2.04 bits per heavy atom. The van der Waals surface area contributed by atoms with Crippen molar-refractivity contribution < 1.29 is 14.3 Å². The first-order valence-corrected chi connectivity index (χ1v) is 9.11. The minimum Gasteiger partial charge on any atom is -0.497 e. The Kier molecular flexibility index (Phi) is 6.35. The third-order valence-corrected chi connectivity index (χ3v) is 4.75. The van der Waals surface area contributed by atoms with Gasteiger partial charge >= 0.3 is 0 Å². The van der Waals surface area contributed by atoms with Crippen LogP contribution in [-0.2, 0) is 11.2 Å². The molecule has 142 valence electrons. The van der Waals surface area contributed by atoms with E-state index in [4.69, 9.17) is 4.74 Å². The van der Waals surface area contributed by atoms with E-state index in [1.165, 1.54) is 12.4 Å². The number of nitrogens with zero attached hydrogens (tertiary/aromatic N) is 3. The number of rotatable bonds is 6. The number of methoxy groups -OCH3 is 1. The second-order valence-electron chi connectivity index (χ2n) is 6.72. The number of piperidine rings is 1. The fourth-order valence-electron chi connectivity index (χ4n) is 3.27. The van der Waals surface area contributed by atoms with Crippen LogP contribution in [0.1, 0.15) is 28.8 Å². The van der Waals surface area contributed by atoms with Crippen molar-refractivity contribution >= 4 is 11.8 Å². The lowest BCUT2D eigenvalue weighted by Gasteiger charge is -2.32. The number of aromatic nitrogens is 2. The second kappa shape index (κ2) is 9.12. The molecule has 1 aliphatic rings. The number of hydrogen-bond donors (Lipinski definition) is 1. The van der Waals surface area contributed by atoms with Gasteiger partial charge in [-0.2, -0.15) is 10.2 Å². The fraction of sp³-hybridized carbons (Fsp3) is 0.400. The van der Waals surface area contributed by atoms with E-state index < -0.39 is 0 Å². The predicted octanol–water partition coefficient (Wildman–Crippen LogP) is 1.70. The molecule has 0 spiro atoms. The molecule has 2 amide bonds. The molecule has 27 heavy (non-hydrogen) atoms. The summed E-state index contributed by atoms with van der Waals surface area (Å²) in [6, 6.07) is 9.16. The number of carbonyl (C=O) groups is 2. The van der Waals surface area contributed by atoms with Gasteiger partial charge in [-0.1, -0.05) is 12.1 Å². The van der Waals surface area contributed by atoms with Crippen LogP contribution >= 0.6 is 0 Å². The van der Waals surface area contributed by atoms with Crippen molar-refractivity contribution in [3.63, 3.8) is 0 Å². The zero-order valence-electron chi connectivity index (χ0n) is 15.4. The molecule has 1 aromatic carbocycles. The highest BCUT2D eigenvalue weighted by Gasteiger charge is 2.25. The standard InChI is InChI=1S/C20H24N4O3/c1-27-18-6-4-15(5-7-18)11-19(25)21-12-16-3-2-10-24(14-16)20(26)17-8-9-22-23-13-17/h4-9,13,16H,2-3,10-12,14H2,1H3,(H,21,25).